The number of H-pyrrole nitrogens is 1. The Labute approximate surface area is 144 Å². The second kappa shape index (κ2) is 7.17. The van der Waals surface area contributed by atoms with E-state index in [1.807, 2.05) is 49.4 Å². The second-order valence-electron chi connectivity index (χ2n) is 5.99. The molecule has 0 aliphatic carbocycles. The van der Waals surface area contributed by atoms with Crippen molar-refractivity contribution in [1.29, 1.82) is 0 Å². The number of benzene rings is 2. The Morgan fingerprint density at radius 1 is 1.16 bits per heavy atom. The van der Waals surface area contributed by atoms with Crippen LogP contribution in [0.15, 0.2) is 48.5 Å². The Hall–Kier alpha value is -3.15. The van der Waals surface area contributed by atoms with E-state index >= 15 is 0 Å². The second-order valence-corrected chi connectivity index (χ2v) is 5.99. The number of amides is 1. The van der Waals surface area contributed by atoms with E-state index in [1.165, 1.54) is 0 Å². The van der Waals surface area contributed by atoms with Crippen molar-refractivity contribution >= 4 is 22.8 Å². The summed E-state index contributed by atoms with van der Waals surface area (Å²) in [6.45, 7) is 1.99. The fraction of sp³-hybridized carbons (Fsp3) is 0.211. The van der Waals surface area contributed by atoms with Gasteiger partial charge < -0.3 is 10.4 Å². The van der Waals surface area contributed by atoms with Crippen molar-refractivity contribution in [2.45, 2.75) is 13.3 Å². The van der Waals surface area contributed by atoms with Crippen LogP contribution in [0.2, 0.25) is 0 Å². The molecule has 128 valence electrons. The lowest BCUT2D eigenvalue weighted by Gasteiger charge is -2.14. The number of aromatic nitrogens is 2. The zero-order chi connectivity index (χ0) is 17.8. The maximum absolute atomic E-state index is 12.4. The molecule has 3 N–H and O–H groups in total. The lowest BCUT2D eigenvalue weighted by atomic mass is 9.96. The lowest BCUT2D eigenvalue weighted by Crippen LogP contribution is -2.34. The number of aryl methyl sites for hydroxylation is 1. The Kier molecular flexibility index (Phi) is 4.79. The first kappa shape index (κ1) is 16.7. The molecule has 0 saturated heterocycles. The van der Waals surface area contributed by atoms with Crippen LogP contribution in [0, 0.1) is 12.8 Å². The molecular formula is C19H19N3O3. The molecule has 1 aromatic heterocycles. The number of fused-ring (bicyclic) bond motifs is 1. The number of para-hydroxylation sites is 1. The number of aliphatic carboxylic acids is 1. The van der Waals surface area contributed by atoms with Crippen LogP contribution < -0.4 is 5.32 Å². The molecule has 0 aliphatic heterocycles. The van der Waals surface area contributed by atoms with Crippen LogP contribution in [0.1, 0.15) is 21.6 Å². The van der Waals surface area contributed by atoms with Gasteiger partial charge in [-0.1, -0.05) is 42.5 Å². The Morgan fingerprint density at radius 2 is 1.88 bits per heavy atom. The molecule has 0 radical (unpaired) electrons. The van der Waals surface area contributed by atoms with Gasteiger partial charge >= 0.3 is 5.97 Å². The minimum Gasteiger partial charge on any atom is -0.481 e. The third kappa shape index (κ3) is 3.68. The van der Waals surface area contributed by atoms with Crippen molar-refractivity contribution in [3.8, 4) is 0 Å². The minimum absolute atomic E-state index is 0.0453. The van der Waals surface area contributed by atoms with Gasteiger partial charge in [0.1, 0.15) is 0 Å². The summed E-state index contributed by atoms with van der Waals surface area (Å²) >= 11 is 0. The number of rotatable bonds is 6. The molecule has 1 atom stereocenters. The number of carbonyl (C=O) groups is 2. The van der Waals surface area contributed by atoms with Gasteiger partial charge in [0.25, 0.3) is 5.91 Å². The zero-order valence-corrected chi connectivity index (χ0v) is 13.8. The van der Waals surface area contributed by atoms with Crippen LogP contribution in [-0.2, 0) is 11.2 Å². The summed E-state index contributed by atoms with van der Waals surface area (Å²) in [6.07, 6.45) is 0.365. The van der Waals surface area contributed by atoms with Crippen LogP contribution in [0.3, 0.4) is 0 Å². The van der Waals surface area contributed by atoms with Gasteiger partial charge in [-0.05, 0) is 30.5 Å². The molecule has 6 heteroatoms. The fourth-order valence-corrected chi connectivity index (χ4v) is 2.79. The first-order valence-electron chi connectivity index (χ1n) is 8.05. The largest absolute Gasteiger partial charge is 0.481 e. The van der Waals surface area contributed by atoms with Crippen molar-refractivity contribution < 1.29 is 14.7 Å². The van der Waals surface area contributed by atoms with Crippen LogP contribution in [0.25, 0.3) is 10.9 Å². The van der Waals surface area contributed by atoms with Gasteiger partial charge in [-0.2, -0.15) is 5.10 Å². The van der Waals surface area contributed by atoms with Gasteiger partial charge in [-0.3, -0.25) is 14.7 Å². The molecule has 0 bridgehead atoms. The summed E-state index contributed by atoms with van der Waals surface area (Å²) in [7, 11) is 0. The van der Waals surface area contributed by atoms with E-state index < -0.39 is 11.9 Å². The smallest absolute Gasteiger partial charge is 0.308 e. The quantitative estimate of drug-likeness (QED) is 0.644. The van der Waals surface area contributed by atoms with Gasteiger partial charge in [-0.25, -0.2) is 0 Å². The van der Waals surface area contributed by atoms with Gasteiger partial charge in [0.15, 0.2) is 5.69 Å². The van der Waals surface area contributed by atoms with Crippen LogP contribution in [0.5, 0.6) is 0 Å². The highest BCUT2D eigenvalue weighted by atomic mass is 16.4. The van der Waals surface area contributed by atoms with E-state index in [0.717, 1.165) is 16.6 Å². The average molecular weight is 337 g/mol. The number of carboxylic acids is 1. The minimum atomic E-state index is -0.935. The third-order valence-electron chi connectivity index (χ3n) is 4.27. The maximum Gasteiger partial charge on any atom is 0.308 e. The number of nitrogens with zero attached hydrogens (tertiary/aromatic N) is 1. The van der Waals surface area contributed by atoms with Gasteiger partial charge in [-0.15, -0.1) is 0 Å². The number of aromatic amines is 1. The Balaban J connectivity index is 1.70. The summed E-state index contributed by atoms with van der Waals surface area (Å²) in [5.74, 6) is -2.01. The Morgan fingerprint density at radius 3 is 2.64 bits per heavy atom. The van der Waals surface area contributed by atoms with Crippen molar-refractivity contribution in [3.05, 3.63) is 65.4 Å². The molecule has 3 rings (SSSR count). The number of carbonyl (C=O) groups excluding carboxylic acids is 1. The van der Waals surface area contributed by atoms with Crippen molar-refractivity contribution in [2.75, 3.05) is 6.54 Å². The van der Waals surface area contributed by atoms with Crippen LogP contribution in [0.4, 0.5) is 0 Å². The van der Waals surface area contributed by atoms with E-state index in [4.69, 9.17) is 0 Å². The lowest BCUT2D eigenvalue weighted by molar-refractivity contribution is -0.141. The first-order valence-corrected chi connectivity index (χ1v) is 8.05. The molecule has 1 amide bonds. The molecule has 0 fully saturated rings. The first-order chi connectivity index (χ1) is 12.1. The van der Waals surface area contributed by atoms with E-state index in [9.17, 15) is 14.7 Å². The topological polar surface area (TPSA) is 95.1 Å². The van der Waals surface area contributed by atoms with Gasteiger partial charge in [0.2, 0.25) is 0 Å². The van der Waals surface area contributed by atoms with Crippen LogP contribution in [-0.4, -0.2) is 33.7 Å². The molecule has 0 saturated carbocycles. The highest BCUT2D eigenvalue weighted by molar-refractivity contribution is 6.04. The normalized spacial score (nSPS) is 12.0. The van der Waals surface area contributed by atoms with E-state index in [0.29, 0.717) is 11.8 Å². The summed E-state index contributed by atoms with van der Waals surface area (Å²) in [4.78, 5) is 23.9. The third-order valence-corrected chi connectivity index (χ3v) is 4.27. The molecule has 1 unspecified atom stereocenters. The number of nitrogens with one attached hydrogen (secondary N) is 2. The summed E-state index contributed by atoms with van der Waals surface area (Å²) in [5, 5.41) is 19.7. The summed E-state index contributed by atoms with van der Waals surface area (Å²) in [6, 6.07) is 15.0. The molecule has 1 heterocycles. The van der Waals surface area contributed by atoms with Gasteiger partial charge in [0.05, 0.1) is 11.4 Å². The highest BCUT2D eigenvalue weighted by Gasteiger charge is 2.21. The Bertz CT molecular complexity index is 917. The molecule has 6 nitrogen and oxygen atoms in total. The molecule has 0 aliphatic rings. The molecule has 25 heavy (non-hydrogen) atoms. The van der Waals surface area contributed by atoms with E-state index in [-0.39, 0.29) is 18.1 Å². The summed E-state index contributed by atoms with van der Waals surface area (Å²) < 4.78 is 0. The van der Waals surface area contributed by atoms with Gasteiger partial charge in [0, 0.05) is 11.9 Å². The predicted molar refractivity (Wildman–Crippen MR) is 94.4 cm³/mol. The van der Waals surface area contributed by atoms with E-state index in [2.05, 4.69) is 15.5 Å². The molecule has 0 spiro atoms. The molecular weight excluding hydrogens is 318 g/mol. The maximum atomic E-state index is 12.4. The molecule has 3 aromatic rings. The van der Waals surface area contributed by atoms with Crippen LogP contribution >= 0.6 is 0 Å². The zero-order valence-electron chi connectivity index (χ0n) is 13.8. The van der Waals surface area contributed by atoms with Crippen molar-refractivity contribution in [2.24, 2.45) is 5.92 Å². The average Bonchev–Trinajstić information content (AvgIpc) is 3.03. The van der Waals surface area contributed by atoms with Crippen molar-refractivity contribution in [1.82, 2.24) is 15.5 Å². The number of hydrogen-bond donors (Lipinski definition) is 3. The number of hydrogen-bond acceptors (Lipinski definition) is 3. The fourth-order valence-electron chi connectivity index (χ4n) is 2.79. The van der Waals surface area contributed by atoms with Crippen molar-refractivity contribution in [3.63, 3.8) is 0 Å². The predicted octanol–water partition coefficient (Wildman–Crippen LogP) is 2.54. The number of carboxylic acid groups (broad SMARTS) is 1. The SMILES string of the molecule is Cc1ccccc1CC(CNC(=O)c1n[nH]c2ccccc12)C(=O)O. The van der Waals surface area contributed by atoms with E-state index in [1.54, 1.807) is 6.07 Å². The summed E-state index contributed by atoms with van der Waals surface area (Å²) in [5.41, 5.74) is 3.05. The monoisotopic (exact) mass is 337 g/mol. The standard InChI is InChI=1S/C19H19N3O3/c1-12-6-2-3-7-13(12)10-14(19(24)25)11-20-18(23)17-15-8-4-5-9-16(15)21-22-17/h2-9,14H,10-11H2,1H3,(H,20,23)(H,21,22)(H,24,25). The highest BCUT2D eigenvalue weighted by Crippen LogP contribution is 2.16. The molecule has 2 aromatic carbocycles.